The van der Waals surface area contributed by atoms with Gasteiger partial charge in [0, 0.05) is 5.56 Å². The molecule has 74 valence electrons. The maximum atomic E-state index is 5.73. The summed E-state index contributed by atoms with van der Waals surface area (Å²) in [6.45, 7) is 6.14. The molecule has 0 fully saturated rings. The summed E-state index contributed by atoms with van der Waals surface area (Å²) in [4.78, 5) is 0. The largest absolute Gasteiger partial charge is 0.485 e. The van der Waals surface area contributed by atoms with Crippen LogP contribution < -0.4 is 4.74 Å². The highest BCUT2D eigenvalue weighted by atomic mass is 16.5. The van der Waals surface area contributed by atoms with E-state index in [4.69, 9.17) is 4.74 Å². The first-order chi connectivity index (χ1) is 7.27. The Morgan fingerprint density at radius 1 is 1.13 bits per heavy atom. The van der Waals surface area contributed by atoms with E-state index in [0.29, 0.717) is 0 Å². The zero-order valence-corrected chi connectivity index (χ0v) is 8.66. The van der Waals surface area contributed by atoms with Gasteiger partial charge in [-0.2, -0.15) is 0 Å². The highest BCUT2D eigenvalue weighted by Gasteiger charge is 2.24. The molecular weight excluding hydrogens is 184 g/mol. The Morgan fingerprint density at radius 2 is 1.93 bits per heavy atom. The van der Waals surface area contributed by atoms with Gasteiger partial charge < -0.3 is 4.74 Å². The molecule has 1 aliphatic heterocycles. The zero-order chi connectivity index (χ0) is 10.4. The second kappa shape index (κ2) is 2.86. The molecule has 0 spiro atoms. The van der Waals surface area contributed by atoms with Gasteiger partial charge in [-0.1, -0.05) is 36.9 Å². The lowest BCUT2D eigenvalue weighted by molar-refractivity contribution is 0.297. The van der Waals surface area contributed by atoms with Gasteiger partial charge in [-0.3, -0.25) is 0 Å². The van der Waals surface area contributed by atoms with Gasteiger partial charge in [-0.15, -0.1) is 0 Å². The molecule has 0 aromatic heterocycles. The van der Waals surface area contributed by atoms with Gasteiger partial charge in [-0.05, 0) is 29.3 Å². The molecule has 0 aliphatic carbocycles. The van der Waals surface area contributed by atoms with Crippen LogP contribution in [0.5, 0.6) is 5.75 Å². The number of hydrogen-bond acceptors (Lipinski definition) is 1. The molecule has 0 saturated heterocycles. The van der Waals surface area contributed by atoms with Gasteiger partial charge in [-0.25, -0.2) is 0 Å². The Balaban J connectivity index is 2.41. The second-order valence-corrected chi connectivity index (χ2v) is 3.95. The molecule has 3 rings (SSSR count). The van der Waals surface area contributed by atoms with Gasteiger partial charge in [0.1, 0.15) is 11.9 Å². The van der Waals surface area contributed by atoms with Gasteiger partial charge in [0.2, 0.25) is 0 Å². The van der Waals surface area contributed by atoms with Crippen LogP contribution in [-0.2, 0) is 0 Å². The zero-order valence-electron chi connectivity index (χ0n) is 8.66. The standard InChI is InChI=1S/C14H12O/c1-9-10(2)15-13-8-7-11-5-3-4-6-12(11)14(9)13/h3-8,10H,1H2,2H3. The number of fused-ring (bicyclic) bond motifs is 3. The highest BCUT2D eigenvalue weighted by Crippen LogP contribution is 2.40. The Labute approximate surface area is 89.0 Å². The smallest absolute Gasteiger partial charge is 0.128 e. The molecule has 0 N–H and O–H groups in total. The Hall–Kier alpha value is -1.76. The number of benzene rings is 2. The van der Waals surface area contributed by atoms with Crippen LogP contribution in [0.25, 0.3) is 16.3 Å². The van der Waals surface area contributed by atoms with Crippen molar-refractivity contribution in [2.24, 2.45) is 0 Å². The predicted octanol–water partition coefficient (Wildman–Crippen LogP) is 3.63. The van der Waals surface area contributed by atoms with Crippen molar-refractivity contribution in [3.63, 3.8) is 0 Å². The van der Waals surface area contributed by atoms with Crippen molar-refractivity contribution in [1.29, 1.82) is 0 Å². The van der Waals surface area contributed by atoms with Crippen LogP contribution in [0.15, 0.2) is 43.0 Å². The minimum atomic E-state index is 0.103. The number of ether oxygens (including phenoxy) is 1. The van der Waals surface area contributed by atoms with Gasteiger partial charge in [0.15, 0.2) is 0 Å². The van der Waals surface area contributed by atoms with Crippen LogP contribution in [0.2, 0.25) is 0 Å². The van der Waals surface area contributed by atoms with Crippen LogP contribution >= 0.6 is 0 Å². The van der Waals surface area contributed by atoms with Crippen molar-refractivity contribution < 1.29 is 4.74 Å². The van der Waals surface area contributed by atoms with E-state index >= 15 is 0 Å². The van der Waals surface area contributed by atoms with E-state index < -0.39 is 0 Å². The Kier molecular flexibility index (Phi) is 1.63. The van der Waals surface area contributed by atoms with Crippen molar-refractivity contribution in [2.75, 3.05) is 0 Å². The third kappa shape index (κ3) is 1.09. The summed E-state index contributed by atoms with van der Waals surface area (Å²) in [6.07, 6.45) is 0.103. The molecule has 2 aromatic rings. The quantitative estimate of drug-likeness (QED) is 0.625. The first-order valence-electron chi connectivity index (χ1n) is 5.15. The summed E-state index contributed by atoms with van der Waals surface area (Å²) in [5, 5.41) is 2.49. The molecule has 15 heavy (non-hydrogen) atoms. The molecule has 1 heteroatoms. The summed E-state index contributed by atoms with van der Waals surface area (Å²) >= 11 is 0. The lowest BCUT2D eigenvalue weighted by Crippen LogP contribution is -2.03. The average molecular weight is 196 g/mol. The van der Waals surface area contributed by atoms with Crippen LogP contribution in [0.4, 0.5) is 0 Å². The van der Waals surface area contributed by atoms with Crippen molar-refractivity contribution in [2.45, 2.75) is 13.0 Å². The van der Waals surface area contributed by atoms with Crippen LogP contribution in [-0.4, -0.2) is 6.10 Å². The average Bonchev–Trinajstić information content (AvgIpc) is 2.55. The number of rotatable bonds is 0. The lowest BCUT2D eigenvalue weighted by atomic mass is 9.98. The van der Waals surface area contributed by atoms with Crippen molar-refractivity contribution >= 4 is 16.3 Å². The van der Waals surface area contributed by atoms with Gasteiger partial charge in [0.05, 0.1) is 0 Å². The summed E-state index contributed by atoms with van der Waals surface area (Å²) in [6, 6.07) is 12.5. The summed E-state index contributed by atoms with van der Waals surface area (Å²) in [5.74, 6) is 0.964. The van der Waals surface area contributed by atoms with Gasteiger partial charge >= 0.3 is 0 Å². The molecule has 1 aliphatic rings. The third-order valence-corrected chi connectivity index (χ3v) is 3.01. The third-order valence-electron chi connectivity index (χ3n) is 3.01. The summed E-state index contributed by atoms with van der Waals surface area (Å²) in [5.41, 5.74) is 2.27. The molecule has 1 unspecified atom stereocenters. The number of hydrogen-bond donors (Lipinski definition) is 0. The van der Waals surface area contributed by atoms with Crippen LogP contribution in [0.1, 0.15) is 12.5 Å². The molecule has 0 radical (unpaired) electrons. The minimum Gasteiger partial charge on any atom is -0.485 e. The van der Waals surface area contributed by atoms with E-state index in [9.17, 15) is 0 Å². The molecule has 0 amide bonds. The topological polar surface area (TPSA) is 9.23 Å². The normalized spacial score (nSPS) is 19.0. The molecule has 1 heterocycles. The molecule has 1 atom stereocenters. The van der Waals surface area contributed by atoms with Gasteiger partial charge in [0.25, 0.3) is 0 Å². The Morgan fingerprint density at radius 3 is 2.80 bits per heavy atom. The molecule has 0 bridgehead atoms. The predicted molar refractivity (Wildman–Crippen MR) is 63.1 cm³/mol. The first-order valence-corrected chi connectivity index (χ1v) is 5.15. The first kappa shape index (κ1) is 8.54. The van der Waals surface area contributed by atoms with Crippen molar-refractivity contribution in [3.05, 3.63) is 48.5 Å². The fraction of sp³-hybridized carbons (Fsp3) is 0.143. The van der Waals surface area contributed by atoms with Crippen LogP contribution in [0.3, 0.4) is 0 Å². The van der Waals surface area contributed by atoms with Crippen LogP contribution in [0, 0.1) is 0 Å². The monoisotopic (exact) mass is 196 g/mol. The second-order valence-electron chi connectivity index (χ2n) is 3.95. The van der Waals surface area contributed by atoms with E-state index in [0.717, 1.165) is 11.3 Å². The SMILES string of the molecule is C=C1c2c(ccc3ccccc23)OC1C. The lowest BCUT2D eigenvalue weighted by Gasteiger charge is -2.03. The Bertz CT molecular complexity index is 554. The summed E-state index contributed by atoms with van der Waals surface area (Å²) in [7, 11) is 0. The molecule has 2 aromatic carbocycles. The van der Waals surface area contributed by atoms with E-state index in [1.165, 1.54) is 16.3 Å². The maximum Gasteiger partial charge on any atom is 0.128 e. The highest BCUT2D eigenvalue weighted by molar-refractivity contribution is 5.98. The fourth-order valence-electron chi connectivity index (χ4n) is 2.15. The fourth-order valence-corrected chi connectivity index (χ4v) is 2.15. The maximum absolute atomic E-state index is 5.73. The van der Waals surface area contributed by atoms with E-state index in [-0.39, 0.29) is 6.10 Å². The van der Waals surface area contributed by atoms with Crippen molar-refractivity contribution in [1.82, 2.24) is 0 Å². The van der Waals surface area contributed by atoms with Crippen molar-refractivity contribution in [3.8, 4) is 5.75 Å². The molecular formula is C14H12O. The van der Waals surface area contributed by atoms with E-state index in [1.807, 2.05) is 13.0 Å². The van der Waals surface area contributed by atoms with E-state index in [1.54, 1.807) is 0 Å². The summed E-state index contributed by atoms with van der Waals surface area (Å²) < 4.78 is 5.73. The molecule has 0 saturated carbocycles. The minimum absolute atomic E-state index is 0.103. The van der Waals surface area contributed by atoms with E-state index in [2.05, 4.69) is 36.9 Å². The molecule has 1 nitrogen and oxygen atoms in total.